The summed E-state index contributed by atoms with van der Waals surface area (Å²) < 4.78 is 6.27. The number of β-amino-alcohol motifs (C(OH)–C–C–N with tert-alkyl or cyclic N) is 1. The van der Waals surface area contributed by atoms with Gasteiger partial charge in [-0.25, -0.2) is 0 Å². The van der Waals surface area contributed by atoms with Crippen molar-refractivity contribution in [3.05, 3.63) is 35.9 Å². The van der Waals surface area contributed by atoms with Crippen molar-refractivity contribution in [2.45, 2.75) is 81.5 Å². The van der Waals surface area contributed by atoms with Gasteiger partial charge in [-0.15, -0.1) is 0 Å². The van der Waals surface area contributed by atoms with Crippen LogP contribution in [-0.2, 0) is 9.53 Å². The molecule has 1 aromatic rings. The predicted molar refractivity (Wildman–Crippen MR) is 118 cm³/mol. The average Bonchev–Trinajstić information content (AvgIpc) is 2.76. The number of likely N-dealkylation sites (tertiary alicyclic amines) is 1. The zero-order chi connectivity index (χ0) is 21.2. The molecule has 166 valence electrons. The Kier molecular flexibility index (Phi) is 6.52. The number of carbonyl (C=O) groups excluding carboxylic acids is 1. The Bertz CT molecular complexity index is 706. The third kappa shape index (κ3) is 4.90. The fourth-order valence-electron chi connectivity index (χ4n) is 5.84. The quantitative estimate of drug-likeness (QED) is 0.818. The Morgan fingerprint density at radius 2 is 1.80 bits per heavy atom. The van der Waals surface area contributed by atoms with Crippen molar-refractivity contribution in [2.24, 2.45) is 0 Å². The lowest BCUT2D eigenvalue weighted by molar-refractivity contribution is -0.149. The second-order valence-electron chi connectivity index (χ2n) is 9.99. The summed E-state index contributed by atoms with van der Waals surface area (Å²) >= 11 is 0. The lowest BCUT2D eigenvalue weighted by atomic mass is 9.75. The Morgan fingerprint density at radius 3 is 2.43 bits per heavy atom. The number of ether oxygens (including phenoxy) is 1. The molecule has 3 fully saturated rings. The van der Waals surface area contributed by atoms with Gasteiger partial charge in [0.1, 0.15) is 0 Å². The minimum Gasteiger partial charge on any atom is -0.389 e. The molecule has 0 aromatic heterocycles. The number of rotatable bonds is 4. The molecule has 3 aliphatic rings. The van der Waals surface area contributed by atoms with Gasteiger partial charge in [-0.05, 0) is 62.8 Å². The molecule has 1 spiro atoms. The molecule has 4 rings (SSSR count). The zero-order valence-electron chi connectivity index (χ0n) is 18.7. The summed E-state index contributed by atoms with van der Waals surface area (Å²) in [6.45, 7) is 5.12. The van der Waals surface area contributed by atoms with Crippen LogP contribution in [0.5, 0.6) is 0 Å². The number of amides is 1. The van der Waals surface area contributed by atoms with E-state index in [-0.39, 0.29) is 11.5 Å². The van der Waals surface area contributed by atoms with Crippen molar-refractivity contribution in [3.63, 3.8) is 0 Å². The van der Waals surface area contributed by atoms with Crippen LogP contribution in [0, 0.1) is 0 Å². The first-order chi connectivity index (χ1) is 14.4. The topological polar surface area (TPSA) is 53.0 Å². The predicted octanol–water partition coefficient (Wildman–Crippen LogP) is 3.57. The molecule has 1 aromatic carbocycles. The van der Waals surface area contributed by atoms with E-state index >= 15 is 0 Å². The number of aliphatic hydroxyl groups is 1. The van der Waals surface area contributed by atoms with Crippen molar-refractivity contribution < 1.29 is 14.6 Å². The highest BCUT2D eigenvalue weighted by atomic mass is 16.5. The van der Waals surface area contributed by atoms with Gasteiger partial charge in [0, 0.05) is 46.3 Å². The van der Waals surface area contributed by atoms with Gasteiger partial charge in [0.15, 0.2) is 0 Å². The number of carbonyl (C=O) groups is 1. The summed E-state index contributed by atoms with van der Waals surface area (Å²) in [5.41, 5.74) is 0.774. The highest BCUT2D eigenvalue weighted by Gasteiger charge is 2.43. The van der Waals surface area contributed by atoms with Gasteiger partial charge in [-0.3, -0.25) is 4.79 Å². The molecule has 1 amide bonds. The second-order valence-corrected chi connectivity index (χ2v) is 9.99. The molecule has 2 aliphatic heterocycles. The van der Waals surface area contributed by atoms with E-state index in [0.29, 0.717) is 12.0 Å². The Morgan fingerprint density at radius 1 is 1.13 bits per heavy atom. The smallest absolute Gasteiger partial charge is 0.219 e. The van der Waals surface area contributed by atoms with Gasteiger partial charge < -0.3 is 19.6 Å². The number of hydrogen-bond donors (Lipinski definition) is 1. The summed E-state index contributed by atoms with van der Waals surface area (Å²) in [4.78, 5) is 16.1. The van der Waals surface area contributed by atoms with Crippen molar-refractivity contribution in [2.75, 3.05) is 33.3 Å². The number of nitrogens with zero attached hydrogens (tertiary/aromatic N) is 2. The van der Waals surface area contributed by atoms with Crippen LogP contribution in [0.25, 0.3) is 0 Å². The lowest BCUT2D eigenvalue weighted by Gasteiger charge is -2.49. The molecule has 0 bridgehead atoms. The molecule has 1 aliphatic carbocycles. The first-order valence-electron chi connectivity index (χ1n) is 11.8. The summed E-state index contributed by atoms with van der Waals surface area (Å²) in [6, 6.07) is 11.0. The standard InChI is InChI=1S/C25H38N2O3/c1-20(28)26(2)23-10-17-30-25(18-23)13-15-27(16-14-25)19-24(29)11-8-22(9-12-24)21-6-4-3-5-7-21/h3-7,22-23,29H,8-19H2,1-2H3/t22?,23-,24?/m1/s1. The summed E-state index contributed by atoms with van der Waals surface area (Å²) in [5, 5.41) is 11.2. The van der Waals surface area contributed by atoms with E-state index in [1.807, 2.05) is 11.9 Å². The van der Waals surface area contributed by atoms with Crippen LogP contribution >= 0.6 is 0 Å². The van der Waals surface area contributed by atoms with E-state index < -0.39 is 5.60 Å². The van der Waals surface area contributed by atoms with Gasteiger partial charge in [0.2, 0.25) is 5.91 Å². The molecule has 1 N–H and O–H groups in total. The minimum absolute atomic E-state index is 0.0866. The molecule has 2 saturated heterocycles. The minimum atomic E-state index is -0.555. The molecule has 5 nitrogen and oxygen atoms in total. The van der Waals surface area contributed by atoms with E-state index in [4.69, 9.17) is 4.74 Å². The van der Waals surface area contributed by atoms with E-state index in [2.05, 4.69) is 35.2 Å². The Balaban J connectivity index is 1.27. The fraction of sp³-hybridized carbons (Fsp3) is 0.720. The molecule has 2 heterocycles. The van der Waals surface area contributed by atoms with Crippen LogP contribution in [0.15, 0.2) is 30.3 Å². The summed E-state index contributed by atoms with van der Waals surface area (Å²) in [7, 11) is 1.92. The molecule has 5 heteroatoms. The van der Waals surface area contributed by atoms with Crippen molar-refractivity contribution in [3.8, 4) is 0 Å². The highest BCUT2D eigenvalue weighted by Crippen LogP contribution is 2.40. The number of piperidine rings is 1. The van der Waals surface area contributed by atoms with Crippen LogP contribution in [0.2, 0.25) is 0 Å². The molecular weight excluding hydrogens is 376 g/mol. The SMILES string of the molecule is CC(=O)N(C)[C@@H]1CCOC2(CCN(CC3(O)CCC(c4ccccc4)CC3)CC2)C1. The van der Waals surface area contributed by atoms with Gasteiger partial charge in [0.25, 0.3) is 0 Å². The maximum Gasteiger partial charge on any atom is 0.219 e. The molecule has 1 saturated carbocycles. The maximum atomic E-state index is 11.8. The highest BCUT2D eigenvalue weighted by molar-refractivity contribution is 5.73. The zero-order valence-corrected chi connectivity index (χ0v) is 18.7. The van der Waals surface area contributed by atoms with Crippen LogP contribution in [0.1, 0.15) is 69.8 Å². The monoisotopic (exact) mass is 414 g/mol. The maximum absolute atomic E-state index is 11.8. The van der Waals surface area contributed by atoms with Gasteiger partial charge in [-0.2, -0.15) is 0 Å². The van der Waals surface area contributed by atoms with Crippen LogP contribution in [-0.4, -0.2) is 71.3 Å². The summed E-state index contributed by atoms with van der Waals surface area (Å²) in [5.74, 6) is 0.727. The number of benzene rings is 1. The molecule has 1 atom stereocenters. The third-order valence-electron chi connectivity index (χ3n) is 7.98. The fourth-order valence-corrected chi connectivity index (χ4v) is 5.84. The van der Waals surface area contributed by atoms with Crippen molar-refractivity contribution >= 4 is 5.91 Å². The van der Waals surface area contributed by atoms with Crippen LogP contribution < -0.4 is 0 Å². The molecular formula is C25H38N2O3. The van der Waals surface area contributed by atoms with E-state index in [0.717, 1.165) is 77.6 Å². The normalized spacial score (nSPS) is 32.1. The number of hydrogen-bond acceptors (Lipinski definition) is 4. The largest absolute Gasteiger partial charge is 0.389 e. The second kappa shape index (κ2) is 8.97. The van der Waals surface area contributed by atoms with Gasteiger partial charge in [0.05, 0.1) is 11.2 Å². The van der Waals surface area contributed by atoms with Crippen LogP contribution in [0.4, 0.5) is 0 Å². The Labute approximate surface area is 181 Å². The Hall–Kier alpha value is -1.43. The lowest BCUT2D eigenvalue weighted by Crippen LogP contribution is -2.55. The van der Waals surface area contributed by atoms with E-state index in [1.165, 1.54) is 5.56 Å². The van der Waals surface area contributed by atoms with Crippen molar-refractivity contribution in [1.29, 1.82) is 0 Å². The van der Waals surface area contributed by atoms with Crippen molar-refractivity contribution in [1.82, 2.24) is 9.80 Å². The first kappa shape index (κ1) is 21.8. The average molecular weight is 415 g/mol. The first-order valence-corrected chi connectivity index (χ1v) is 11.8. The van der Waals surface area contributed by atoms with Gasteiger partial charge in [-0.1, -0.05) is 30.3 Å². The third-order valence-corrected chi connectivity index (χ3v) is 7.98. The molecule has 0 unspecified atom stereocenters. The summed E-state index contributed by atoms with van der Waals surface area (Å²) in [6.07, 6.45) is 7.78. The van der Waals surface area contributed by atoms with E-state index in [1.54, 1.807) is 6.92 Å². The van der Waals surface area contributed by atoms with Crippen LogP contribution in [0.3, 0.4) is 0 Å². The molecule has 30 heavy (non-hydrogen) atoms. The van der Waals surface area contributed by atoms with E-state index in [9.17, 15) is 9.90 Å². The van der Waals surface area contributed by atoms with Gasteiger partial charge >= 0.3 is 0 Å². The molecule has 0 radical (unpaired) electrons.